The summed E-state index contributed by atoms with van der Waals surface area (Å²) in [6.07, 6.45) is 11.0. The molecule has 0 aromatic carbocycles. The molecular formula is C22H42N2O4+2. The smallest absolute Gasteiger partial charge is 0.306 e. The molecule has 6 nitrogen and oxygen atoms in total. The summed E-state index contributed by atoms with van der Waals surface area (Å²) in [4.78, 5) is 24.1. The largest absolute Gasteiger partial charge is 0.459 e. The molecule has 2 fully saturated rings. The highest BCUT2D eigenvalue weighted by Gasteiger charge is 2.33. The Kier molecular flexibility index (Phi) is 9.72. The molecule has 2 aliphatic heterocycles. The summed E-state index contributed by atoms with van der Waals surface area (Å²) in [7, 11) is 0. The molecule has 0 spiro atoms. The number of carbonyl (C=O) groups is 2. The number of rotatable bonds is 11. The zero-order chi connectivity index (χ0) is 20.3. The second kappa shape index (κ2) is 11.8. The number of unbranched alkanes of at least 4 members (excludes halogenated alkanes) is 5. The lowest BCUT2D eigenvalue weighted by Gasteiger charge is -2.31. The van der Waals surface area contributed by atoms with Crippen LogP contribution in [-0.2, 0) is 19.1 Å². The molecule has 0 radical (unpaired) electrons. The summed E-state index contributed by atoms with van der Waals surface area (Å²) in [6.45, 7) is 8.33. The molecule has 0 aromatic rings. The first kappa shape index (κ1) is 23.1. The van der Waals surface area contributed by atoms with Crippen molar-refractivity contribution in [3.05, 3.63) is 0 Å². The SMILES string of the molecule is CC1(OC(=O)CCCCCCCCC(=O)OC2(C)CC[NH2+]CC2)CC[NH2+]CC1. The molecule has 6 heteroatoms. The van der Waals surface area contributed by atoms with E-state index < -0.39 is 0 Å². The van der Waals surface area contributed by atoms with Crippen LogP contribution in [0.25, 0.3) is 0 Å². The Hall–Kier alpha value is -1.14. The third-order valence-corrected chi connectivity index (χ3v) is 6.24. The highest BCUT2D eigenvalue weighted by atomic mass is 16.6. The van der Waals surface area contributed by atoms with Gasteiger partial charge in [0.2, 0.25) is 0 Å². The Bertz CT molecular complexity index is 439. The van der Waals surface area contributed by atoms with Crippen molar-refractivity contribution in [3.63, 3.8) is 0 Å². The Morgan fingerprint density at radius 1 is 0.643 bits per heavy atom. The molecule has 2 aliphatic rings. The van der Waals surface area contributed by atoms with Gasteiger partial charge < -0.3 is 20.1 Å². The maximum Gasteiger partial charge on any atom is 0.306 e. The molecular weight excluding hydrogens is 356 g/mol. The number of esters is 2. The molecule has 4 N–H and O–H groups in total. The standard InChI is InChI=1S/C22H40N2O4/c1-21(11-15-23-16-12-21)27-19(25)9-7-5-3-4-6-8-10-20(26)28-22(2)13-17-24-18-14-22/h23-24H,3-18H2,1-2H3/p+2. The molecule has 0 bridgehead atoms. The number of ether oxygens (including phenoxy) is 2. The van der Waals surface area contributed by atoms with Crippen LogP contribution in [0, 0.1) is 0 Å². The van der Waals surface area contributed by atoms with Crippen LogP contribution >= 0.6 is 0 Å². The number of quaternary nitrogens is 2. The maximum atomic E-state index is 12.0. The summed E-state index contributed by atoms with van der Waals surface area (Å²) < 4.78 is 11.4. The van der Waals surface area contributed by atoms with Crippen molar-refractivity contribution in [2.45, 2.75) is 102 Å². The fourth-order valence-electron chi connectivity index (χ4n) is 4.27. The molecule has 0 atom stereocenters. The van der Waals surface area contributed by atoms with Gasteiger partial charge in [-0.25, -0.2) is 0 Å². The number of hydrogen-bond donors (Lipinski definition) is 2. The van der Waals surface area contributed by atoms with Crippen LogP contribution in [0.4, 0.5) is 0 Å². The van der Waals surface area contributed by atoms with Gasteiger partial charge in [0.15, 0.2) is 0 Å². The van der Waals surface area contributed by atoms with E-state index in [0.29, 0.717) is 12.8 Å². The lowest BCUT2D eigenvalue weighted by atomic mass is 9.94. The average Bonchev–Trinajstić information content (AvgIpc) is 2.64. The van der Waals surface area contributed by atoms with Gasteiger partial charge in [-0.2, -0.15) is 0 Å². The molecule has 0 unspecified atom stereocenters. The van der Waals surface area contributed by atoms with Gasteiger partial charge in [-0.3, -0.25) is 9.59 Å². The van der Waals surface area contributed by atoms with E-state index >= 15 is 0 Å². The molecule has 0 aromatic heterocycles. The van der Waals surface area contributed by atoms with E-state index in [1.807, 2.05) is 0 Å². The Morgan fingerprint density at radius 3 is 1.32 bits per heavy atom. The molecule has 162 valence electrons. The highest BCUT2D eigenvalue weighted by Crippen LogP contribution is 2.23. The van der Waals surface area contributed by atoms with Crippen molar-refractivity contribution in [1.82, 2.24) is 0 Å². The summed E-state index contributed by atoms with van der Waals surface area (Å²) in [5.41, 5.74) is -0.485. The van der Waals surface area contributed by atoms with Crippen LogP contribution in [0.2, 0.25) is 0 Å². The zero-order valence-electron chi connectivity index (χ0n) is 18.1. The van der Waals surface area contributed by atoms with Crippen molar-refractivity contribution in [1.29, 1.82) is 0 Å². The highest BCUT2D eigenvalue weighted by molar-refractivity contribution is 5.70. The summed E-state index contributed by atoms with van der Waals surface area (Å²) in [5, 5.41) is 4.56. The van der Waals surface area contributed by atoms with E-state index in [1.54, 1.807) is 0 Å². The van der Waals surface area contributed by atoms with E-state index in [-0.39, 0.29) is 23.1 Å². The normalized spacial score (nSPS) is 21.1. The van der Waals surface area contributed by atoms with Crippen molar-refractivity contribution in [3.8, 4) is 0 Å². The molecule has 2 heterocycles. The number of hydrogen-bond acceptors (Lipinski definition) is 4. The quantitative estimate of drug-likeness (QED) is 0.407. The van der Waals surface area contributed by atoms with Crippen LogP contribution in [-0.4, -0.2) is 49.3 Å². The van der Waals surface area contributed by atoms with Crippen LogP contribution in [0.5, 0.6) is 0 Å². The molecule has 0 saturated carbocycles. The summed E-state index contributed by atoms with van der Waals surface area (Å²) in [5.74, 6) is -0.0816. The predicted octanol–water partition coefficient (Wildman–Crippen LogP) is 1.43. The van der Waals surface area contributed by atoms with Crippen LogP contribution < -0.4 is 10.6 Å². The van der Waals surface area contributed by atoms with Gasteiger partial charge in [0.25, 0.3) is 0 Å². The predicted molar refractivity (Wildman–Crippen MR) is 108 cm³/mol. The van der Waals surface area contributed by atoms with Crippen molar-refractivity contribution in [2.75, 3.05) is 26.2 Å². The second-order valence-corrected chi connectivity index (χ2v) is 9.20. The fraction of sp³-hybridized carbons (Fsp3) is 0.909. The first-order valence-corrected chi connectivity index (χ1v) is 11.5. The van der Waals surface area contributed by atoms with Gasteiger partial charge in [0, 0.05) is 38.5 Å². The molecule has 2 saturated heterocycles. The topological polar surface area (TPSA) is 85.8 Å². The van der Waals surface area contributed by atoms with E-state index in [2.05, 4.69) is 24.5 Å². The minimum atomic E-state index is -0.243. The minimum absolute atomic E-state index is 0.0408. The van der Waals surface area contributed by atoms with Gasteiger partial charge in [0.05, 0.1) is 26.2 Å². The van der Waals surface area contributed by atoms with Crippen molar-refractivity contribution >= 4 is 11.9 Å². The molecule has 28 heavy (non-hydrogen) atoms. The van der Waals surface area contributed by atoms with Gasteiger partial charge in [-0.05, 0) is 26.7 Å². The van der Waals surface area contributed by atoms with Gasteiger partial charge in [-0.1, -0.05) is 25.7 Å². The fourth-order valence-corrected chi connectivity index (χ4v) is 4.27. The number of nitrogens with two attached hydrogens (primary N) is 2. The Morgan fingerprint density at radius 2 is 0.964 bits per heavy atom. The average molecular weight is 399 g/mol. The van der Waals surface area contributed by atoms with Gasteiger partial charge in [0.1, 0.15) is 11.2 Å². The Balaban J connectivity index is 1.43. The third-order valence-electron chi connectivity index (χ3n) is 6.24. The minimum Gasteiger partial charge on any atom is -0.459 e. The molecule has 0 aliphatic carbocycles. The first-order valence-electron chi connectivity index (χ1n) is 11.5. The monoisotopic (exact) mass is 398 g/mol. The van der Waals surface area contributed by atoms with Crippen molar-refractivity contribution in [2.24, 2.45) is 0 Å². The van der Waals surface area contributed by atoms with Crippen LogP contribution in [0.15, 0.2) is 0 Å². The van der Waals surface area contributed by atoms with E-state index in [0.717, 1.165) is 90.4 Å². The second-order valence-electron chi connectivity index (χ2n) is 9.20. The van der Waals surface area contributed by atoms with Gasteiger partial charge in [-0.15, -0.1) is 0 Å². The maximum absolute atomic E-state index is 12.0. The van der Waals surface area contributed by atoms with E-state index in [4.69, 9.17) is 9.47 Å². The van der Waals surface area contributed by atoms with Crippen molar-refractivity contribution < 1.29 is 29.7 Å². The van der Waals surface area contributed by atoms with E-state index in [9.17, 15) is 9.59 Å². The number of carbonyl (C=O) groups excluding carboxylic acids is 2. The lowest BCUT2D eigenvalue weighted by molar-refractivity contribution is -0.668. The first-order chi connectivity index (χ1) is 13.4. The summed E-state index contributed by atoms with van der Waals surface area (Å²) in [6, 6.07) is 0. The van der Waals surface area contributed by atoms with E-state index in [1.165, 1.54) is 0 Å². The Labute approximate surface area is 170 Å². The number of piperidine rings is 2. The zero-order valence-corrected chi connectivity index (χ0v) is 18.1. The molecule has 0 amide bonds. The van der Waals surface area contributed by atoms with Crippen LogP contribution in [0.3, 0.4) is 0 Å². The molecule has 2 rings (SSSR count). The third kappa shape index (κ3) is 8.91. The lowest BCUT2D eigenvalue weighted by Crippen LogP contribution is -2.87. The van der Waals surface area contributed by atoms with Crippen LogP contribution in [0.1, 0.15) is 90.9 Å². The van der Waals surface area contributed by atoms with Gasteiger partial charge >= 0.3 is 11.9 Å². The summed E-state index contributed by atoms with van der Waals surface area (Å²) >= 11 is 0.